The first-order valence-corrected chi connectivity index (χ1v) is 11.2. The number of oxime groups is 1. The van der Waals surface area contributed by atoms with Crippen molar-refractivity contribution in [2.24, 2.45) is 21.9 Å². The highest BCUT2D eigenvalue weighted by atomic mass is 16.6. The highest BCUT2D eigenvalue weighted by molar-refractivity contribution is 5.93. The van der Waals surface area contributed by atoms with Gasteiger partial charge in [-0.3, -0.25) is 4.90 Å². The normalized spacial score (nSPS) is 31.4. The summed E-state index contributed by atoms with van der Waals surface area (Å²) in [6.45, 7) is 14.1. The molecule has 2 aliphatic carbocycles. The van der Waals surface area contributed by atoms with Gasteiger partial charge in [0.15, 0.2) is 0 Å². The van der Waals surface area contributed by atoms with Crippen molar-refractivity contribution in [2.45, 2.75) is 53.1 Å². The van der Waals surface area contributed by atoms with Crippen LogP contribution in [0.4, 0.5) is 5.69 Å². The van der Waals surface area contributed by atoms with E-state index in [2.05, 4.69) is 66.9 Å². The molecule has 4 rings (SSSR count). The number of aryl methyl sites for hydroxylation is 1. The maximum absolute atomic E-state index is 10.5. The Morgan fingerprint density at radius 1 is 1.17 bits per heavy atom. The third-order valence-corrected chi connectivity index (χ3v) is 8.25. The van der Waals surface area contributed by atoms with Crippen LogP contribution in [-0.2, 0) is 4.84 Å². The number of fused-ring (bicyclic) bond motifs is 2. The third kappa shape index (κ3) is 3.79. The van der Waals surface area contributed by atoms with Crippen LogP contribution in [0.1, 0.15) is 45.6 Å². The largest absolute Gasteiger partial charge is 0.393 e. The minimum atomic E-state index is -0.497. The van der Waals surface area contributed by atoms with Crippen molar-refractivity contribution in [2.75, 3.05) is 44.2 Å². The molecule has 1 unspecified atom stereocenters. The second kappa shape index (κ2) is 7.92. The molecular weight excluding hydrogens is 362 g/mol. The van der Waals surface area contributed by atoms with Gasteiger partial charge in [-0.25, -0.2) is 0 Å². The molecule has 0 spiro atoms. The van der Waals surface area contributed by atoms with E-state index in [9.17, 15) is 5.11 Å². The Kier molecular flexibility index (Phi) is 5.64. The summed E-state index contributed by atoms with van der Waals surface area (Å²) in [5, 5.41) is 14.9. The van der Waals surface area contributed by atoms with Crippen molar-refractivity contribution >= 4 is 11.4 Å². The molecule has 0 radical (unpaired) electrons. The molecule has 1 aromatic rings. The third-order valence-electron chi connectivity index (χ3n) is 8.25. The molecule has 1 aromatic carbocycles. The van der Waals surface area contributed by atoms with Crippen LogP contribution in [0.3, 0.4) is 0 Å². The molecule has 1 aliphatic heterocycles. The van der Waals surface area contributed by atoms with Gasteiger partial charge in [0.2, 0.25) is 0 Å². The van der Waals surface area contributed by atoms with E-state index < -0.39 is 6.10 Å². The lowest BCUT2D eigenvalue weighted by Crippen LogP contribution is -2.49. The van der Waals surface area contributed by atoms with Crippen molar-refractivity contribution in [1.82, 2.24) is 4.90 Å². The van der Waals surface area contributed by atoms with Gasteiger partial charge in [-0.05, 0) is 49.1 Å². The zero-order valence-corrected chi connectivity index (χ0v) is 18.5. The number of para-hydroxylation sites is 1. The average molecular weight is 400 g/mol. The molecule has 1 N–H and O–H groups in total. The van der Waals surface area contributed by atoms with E-state index in [-0.39, 0.29) is 12.0 Å². The standard InChI is InChI=1S/C24H37N3O2/c1-18-7-5-6-8-21(18)27-13-11-26(12-14-27)16-20(28)17-29-25-22-15-19-9-10-24(22,4)23(19,2)3/h5-8,19-20,28H,9-17H2,1-4H3/b25-22+/t19-,20?,24+/m0/s1. The molecule has 160 valence electrons. The molecular formula is C24H37N3O2. The van der Waals surface area contributed by atoms with Gasteiger partial charge in [0, 0.05) is 43.8 Å². The van der Waals surface area contributed by atoms with E-state index in [0.29, 0.717) is 12.0 Å². The number of benzene rings is 1. The Balaban J connectivity index is 1.22. The number of aliphatic hydroxyl groups is 1. The van der Waals surface area contributed by atoms with E-state index in [0.717, 1.165) is 38.5 Å². The maximum Gasteiger partial charge on any atom is 0.144 e. The number of aliphatic hydroxyl groups excluding tert-OH is 1. The first-order valence-electron chi connectivity index (χ1n) is 11.2. The van der Waals surface area contributed by atoms with Crippen LogP contribution in [0.5, 0.6) is 0 Å². The smallest absolute Gasteiger partial charge is 0.144 e. The SMILES string of the molecule is Cc1ccccc1N1CCN(CC(O)CO/N=C2\C[C@@H]3CC[C@@]2(C)C3(C)C)CC1. The van der Waals surface area contributed by atoms with Gasteiger partial charge < -0.3 is 14.8 Å². The van der Waals surface area contributed by atoms with Gasteiger partial charge in [-0.2, -0.15) is 0 Å². The van der Waals surface area contributed by atoms with Crippen molar-refractivity contribution < 1.29 is 9.94 Å². The number of anilines is 1. The zero-order valence-electron chi connectivity index (χ0n) is 18.5. The quantitative estimate of drug-likeness (QED) is 0.741. The number of piperazine rings is 1. The van der Waals surface area contributed by atoms with Crippen LogP contribution < -0.4 is 4.90 Å². The van der Waals surface area contributed by atoms with Gasteiger partial charge in [0.25, 0.3) is 0 Å². The molecule has 2 bridgehead atoms. The predicted octanol–water partition coefficient (Wildman–Crippen LogP) is 3.70. The highest BCUT2D eigenvalue weighted by Gasteiger charge is 2.60. The summed E-state index contributed by atoms with van der Waals surface area (Å²) in [5.74, 6) is 0.726. The summed E-state index contributed by atoms with van der Waals surface area (Å²) < 4.78 is 0. The number of hydrogen-bond acceptors (Lipinski definition) is 5. The molecule has 29 heavy (non-hydrogen) atoms. The lowest BCUT2D eigenvalue weighted by Gasteiger charge is -2.37. The fourth-order valence-electron chi connectivity index (χ4n) is 5.71. The second-order valence-corrected chi connectivity index (χ2v) is 10.1. The zero-order chi connectivity index (χ0) is 20.6. The summed E-state index contributed by atoms with van der Waals surface area (Å²) in [6, 6.07) is 8.56. The molecule has 3 atom stereocenters. The molecule has 5 nitrogen and oxygen atoms in total. The number of nitrogens with zero attached hydrogens (tertiary/aromatic N) is 3. The Bertz CT molecular complexity index is 754. The van der Waals surface area contributed by atoms with Gasteiger partial charge in [-0.1, -0.05) is 44.1 Å². The highest BCUT2D eigenvalue weighted by Crippen LogP contribution is 2.63. The minimum Gasteiger partial charge on any atom is -0.393 e. The molecule has 2 saturated carbocycles. The van der Waals surface area contributed by atoms with Gasteiger partial charge >= 0.3 is 0 Å². The van der Waals surface area contributed by atoms with Crippen molar-refractivity contribution in [3.63, 3.8) is 0 Å². The van der Waals surface area contributed by atoms with Crippen LogP contribution in [0.25, 0.3) is 0 Å². The maximum atomic E-state index is 10.5. The van der Waals surface area contributed by atoms with Crippen molar-refractivity contribution in [1.29, 1.82) is 0 Å². The first-order chi connectivity index (χ1) is 13.8. The Hall–Kier alpha value is -1.59. The topological polar surface area (TPSA) is 48.3 Å². The summed E-state index contributed by atoms with van der Waals surface area (Å²) in [7, 11) is 0. The monoisotopic (exact) mass is 399 g/mol. The van der Waals surface area contributed by atoms with Crippen LogP contribution >= 0.6 is 0 Å². The first kappa shape index (κ1) is 20.7. The summed E-state index contributed by atoms with van der Waals surface area (Å²) >= 11 is 0. The molecule has 0 aromatic heterocycles. The number of hydrogen-bond donors (Lipinski definition) is 1. The predicted molar refractivity (Wildman–Crippen MR) is 118 cm³/mol. The van der Waals surface area contributed by atoms with Crippen LogP contribution in [0.15, 0.2) is 29.4 Å². The average Bonchev–Trinajstić information content (AvgIpc) is 3.03. The lowest BCUT2D eigenvalue weighted by molar-refractivity contribution is 0.0167. The van der Waals surface area contributed by atoms with E-state index >= 15 is 0 Å². The van der Waals surface area contributed by atoms with E-state index in [1.54, 1.807) is 0 Å². The van der Waals surface area contributed by atoms with Gasteiger partial charge in [-0.15, -0.1) is 0 Å². The fourth-order valence-corrected chi connectivity index (χ4v) is 5.71. The Morgan fingerprint density at radius 2 is 1.90 bits per heavy atom. The van der Waals surface area contributed by atoms with Crippen LogP contribution in [0.2, 0.25) is 0 Å². The van der Waals surface area contributed by atoms with Crippen LogP contribution in [-0.4, -0.2) is 61.2 Å². The second-order valence-electron chi connectivity index (χ2n) is 10.1. The van der Waals surface area contributed by atoms with Crippen LogP contribution in [0, 0.1) is 23.7 Å². The fraction of sp³-hybridized carbons (Fsp3) is 0.708. The summed E-state index contributed by atoms with van der Waals surface area (Å²) in [6.07, 6.45) is 3.07. The van der Waals surface area contributed by atoms with E-state index in [1.165, 1.54) is 29.8 Å². The number of rotatable bonds is 6. The summed E-state index contributed by atoms with van der Waals surface area (Å²) in [5.41, 5.74) is 4.33. The van der Waals surface area contributed by atoms with E-state index in [4.69, 9.17) is 4.84 Å². The molecule has 0 amide bonds. The molecule has 3 fully saturated rings. The summed E-state index contributed by atoms with van der Waals surface area (Å²) in [4.78, 5) is 10.4. The Morgan fingerprint density at radius 3 is 2.52 bits per heavy atom. The number of β-amino-alcohol motifs (C(OH)–C–C–N with tert-alkyl or cyclic N) is 1. The lowest BCUT2D eigenvalue weighted by atomic mass is 9.70. The van der Waals surface area contributed by atoms with Gasteiger partial charge in [0.05, 0.1) is 5.71 Å². The minimum absolute atomic E-state index is 0.161. The van der Waals surface area contributed by atoms with E-state index in [1.807, 2.05) is 0 Å². The molecule has 1 heterocycles. The molecule has 1 saturated heterocycles. The Labute approximate surface area is 175 Å². The molecule has 3 aliphatic rings. The van der Waals surface area contributed by atoms with Gasteiger partial charge in [0.1, 0.15) is 12.7 Å². The van der Waals surface area contributed by atoms with Crippen molar-refractivity contribution in [3.8, 4) is 0 Å². The van der Waals surface area contributed by atoms with Crippen molar-refractivity contribution in [3.05, 3.63) is 29.8 Å². The molecule has 5 heteroatoms.